The number of nitrogens with one attached hydrogen (secondary N) is 1. The van der Waals surface area contributed by atoms with Crippen LogP contribution in [0.1, 0.15) is 34.3 Å². The Labute approximate surface area is 251 Å². The Balaban J connectivity index is 0.000000965. The normalized spacial score (nSPS) is 11.2. The van der Waals surface area contributed by atoms with E-state index in [9.17, 15) is 28.3 Å². The number of halogens is 2. The number of pyridine rings is 1. The van der Waals surface area contributed by atoms with Crippen LogP contribution in [-0.2, 0) is 9.53 Å². The summed E-state index contributed by atoms with van der Waals surface area (Å²) in [7, 11) is 8.71. The lowest BCUT2D eigenvalue weighted by molar-refractivity contribution is -0.108. The molecular formula is C31H43F2N3O7. The van der Waals surface area contributed by atoms with Crippen LogP contribution in [0.3, 0.4) is 0 Å². The average Bonchev–Trinajstić information content (AvgIpc) is 3.01. The van der Waals surface area contributed by atoms with Crippen molar-refractivity contribution in [2.45, 2.75) is 18.4 Å². The van der Waals surface area contributed by atoms with Gasteiger partial charge >= 0.3 is 0 Å². The van der Waals surface area contributed by atoms with Gasteiger partial charge in [0.05, 0.1) is 26.4 Å². The Kier molecular flexibility index (Phi) is 21.4. The molecule has 1 aromatic heterocycles. The SMILES string of the molecule is CNC.COCC(CO)n1cccc(N(C)CC(CC=O)c2ccc(OC)cc2)c1=O.O=Cc1ccc(F)cc1.OCF. The molecule has 2 atom stereocenters. The number of methoxy groups -OCH3 is 2. The molecule has 0 radical (unpaired) electrons. The first-order valence-corrected chi connectivity index (χ1v) is 13.3. The van der Waals surface area contributed by atoms with E-state index >= 15 is 0 Å². The molecule has 3 rings (SSSR count). The second-order valence-corrected chi connectivity index (χ2v) is 8.94. The molecule has 3 N–H and O–H groups in total. The van der Waals surface area contributed by atoms with Crippen LogP contribution >= 0.6 is 0 Å². The molecule has 1 heterocycles. The van der Waals surface area contributed by atoms with E-state index in [0.29, 0.717) is 30.5 Å². The lowest BCUT2D eigenvalue weighted by Crippen LogP contribution is -2.35. The second kappa shape index (κ2) is 23.6. The zero-order chi connectivity index (χ0) is 32.6. The Morgan fingerprint density at radius 3 is 2.07 bits per heavy atom. The van der Waals surface area contributed by atoms with Crippen molar-refractivity contribution < 1.29 is 38.1 Å². The van der Waals surface area contributed by atoms with Crippen LogP contribution in [0.25, 0.3) is 0 Å². The molecule has 0 saturated heterocycles. The second-order valence-electron chi connectivity index (χ2n) is 8.94. The molecule has 0 aliphatic rings. The zero-order valence-corrected chi connectivity index (χ0v) is 25.3. The van der Waals surface area contributed by atoms with Gasteiger partial charge in [0.15, 0.2) is 6.86 Å². The monoisotopic (exact) mass is 607 g/mol. The number of aliphatic hydroxyl groups is 2. The highest BCUT2D eigenvalue weighted by molar-refractivity contribution is 5.74. The quantitative estimate of drug-likeness (QED) is 0.266. The van der Waals surface area contributed by atoms with Gasteiger partial charge in [-0.1, -0.05) is 12.1 Å². The third-order valence-electron chi connectivity index (χ3n) is 5.80. The molecule has 12 heteroatoms. The summed E-state index contributed by atoms with van der Waals surface area (Å²) in [5.74, 6) is 0.371. The third kappa shape index (κ3) is 14.7. The summed E-state index contributed by atoms with van der Waals surface area (Å²) < 4.78 is 33.7. The van der Waals surface area contributed by atoms with Crippen molar-refractivity contribution in [3.05, 3.63) is 94.2 Å². The summed E-state index contributed by atoms with van der Waals surface area (Å²) in [6.45, 7) is -0.706. The number of carbonyl (C=O) groups excluding carboxylic acids is 2. The molecule has 10 nitrogen and oxygen atoms in total. The number of aliphatic hydroxyl groups excluding tert-OH is 2. The molecule has 0 amide bonds. The van der Waals surface area contributed by atoms with Crippen LogP contribution in [0.5, 0.6) is 5.75 Å². The van der Waals surface area contributed by atoms with Gasteiger partial charge in [-0.05, 0) is 68.2 Å². The van der Waals surface area contributed by atoms with Gasteiger partial charge in [0, 0.05) is 44.8 Å². The fourth-order valence-electron chi connectivity index (χ4n) is 3.77. The molecule has 0 spiro atoms. The Morgan fingerprint density at radius 2 is 1.60 bits per heavy atom. The average molecular weight is 608 g/mol. The molecular weight excluding hydrogens is 564 g/mol. The fraction of sp³-hybridized carbons (Fsp3) is 0.387. The molecule has 43 heavy (non-hydrogen) atoms. The molecule has 0 fully saturated rings. The first-order chi connectivity index (χ1) is 20.7. The molecule has 0 aliphatic heterocycles. The van der Waals surface area contributed by atoms with Gasteiger partial charge in [0.2, 0.25) is 0 Å². The van der Waals surface area contributed by atoms with E-state index in [2.05, 4.69) is 5.32 Å². The summed E-state index contributed by atoms with van der Waals surface area (Å²) >= 11 is 0. The topological polar surface area (TPSA) is 130 Å². The number of aldehydes is 2. The minimum absolute atomic E-state index is 0.0610. The van der Waals surface area contributed by atoms with Crippen molar-refractivity contribution >= 4 is 18.3 Å². The number of benzene rings is 2. The summed E-state index contributed by atoms with van der Waals surface area (Å²) in [4.78, 5) is 36.0. The van der Waals surface area contributed by atoms with E-state index in [1.165, 1.54) is 35.9 Å². The van der Waals surface area contributed by atoms with Crippen molar-refractivity contribution in [1.82, 2.24) is 9.88 Å². The Hall–Kier alpha value is -3.97. The van der Waals surface area contributed by atoms with Crippen molar-refractivity contribution in [2.24, 2.45) is 0 Å². The predicted molar refractivity (Wildman–Crippen MR) is 163 cm³/mol. The highest BCUT2D eigenvalue weighted by atomic mass is 19.1. The molecule has 0 bridgehead atoms. The van der Waals surface area contributed by atoms with E-state index < -0.39 is 12.9 Å². The standard InChI is InChI=1S/C21H28N2O5.C7H5FO.C2H7N.CH3FO/c1-22(13-17(10-12-24)16-6-8-19(28-3)9-7-16)20-5-4-11-23(21(20)26)18(14-25)15-27-2;8-7-3-1-6(5-9)2-4-7;1-3-2;2-1-3/h4-9,11-12,17-18,25H,10,13-15H2,1-3H3;1-5H;3H,1-2H3;3H,1H2. The number of aromatic nitrogens is 1. The molecule has 2 unspecified atom stereocenters. The van der Waals surface area contributed by atoms with Crippen LogP contribution in [0.15, 0.2) is 71.7 Å². The van der Waals surface area contributed by atoms with E-state index in [-0.39, 0.29) is 30.5 Å². The van der Waals surface area contributed by atoms with E-state index in [1.807, 2.05) is 50.3 Å². The number of ether oxygens (including phenoxy) is 2. The third-order valence-corrected chi connectivity index (χ3v) is 5.80. The fourth-order valence-corrected chi connectivity index (χ4v) is 3.77. The maximum absolute atomic E-state index is 12.9. The van der Waals surface area contributed by atoms with Gasteiger partial charge in [-0.3, -0.25) is 9.59 Å². The van der Waals surface area contributed by atoms with Crippen molar-refractivity contribution in [3.8, 4) is 5.75 Å². The van der Waals surface area contributed by atoms with Gasteiger partial charge in [0.1, 0.15) is 29.8 Å². The highest BCUT2D eigenvalue weighted by Gasteiger charge is 2.19. The van der Waals surface area contributed by atoms with Gasteiger partial charge < -0.3 is 39.3 Å². The predicted octanol–water partition coefficient (Wildman–Crippen LogP) is 3.23. The molecule has 0 saturated carbocycles. The maximum Gasteiger partial charge on any atom is 0.274 e. The van der Waals surface area contributed by atoms with Crippen LogP contribution in [0.4, 0.5) is 14.5 Å². The number of anilines is 1. The highest BCUT2D eigenvalue weighted by Crippen LogP contribution is 2.24. The number of nitrogens with zero attached hydrogens (tertiary/aromatic N) is 2. The van der Waals surface area contributed by atoms with Gasteiger partial charge in [0.25, 0.3) is 5.56 Å². The van der Waals surface area contributed by atoms with Crippen LogP contribution in [-0.4, -0.2) is 89.3 Å². The van der Waals surface area contributed by atoms with Gasteiger partial charge in [-0.25, -0.2) is 8.78 Å². The summed E-state index contributed by atoms with van der Waals surface area (Å²) in [5.41, 5.74) is 1.79. The number of carbonyl (C=O) groups is 2. The number of alkyl halides is 1. The van der Waals surface area contributed by atoms with Crippen LogP contribution < -0.4 is 20.5 Å². The Bertz CT molecular complexity index is 1210. The zero-order valence-electron chi connectivity index (χ0n) is 25.3. The van der Waals surface area contributed by atoms with Crippen molar-refractivity contribution in [1.29, 1.82) is 0 Å². The van der Waals surface area contributed by atoms with Crippen molar-refractivity contribution in [2.75, 3.05) is 66.9 Å². The van der Waals surface area contributed by atoms with E-state index in [1.54, 1.807) is 25.4 Å². The molecule has 3 aromatic rings. The number of likely N-dealkylation sites (N-methyl/N-ethyl adjacent to an activating group) is 1. The Morgan fingerprint density at radius 1 is 1.02 bits per heavy atom. The smallest absolute Gasteiger partial charge is 0.274 e. The first-order valence-electron chi connectivity index (χ1n) is 13.3. The lowest BCUT2D eigenvalue weighted by atomic mass is 9.95. The number of hydrogen-bond donors (Lipinski definition) is 3. The molecule has 2 aromatic carbocycles. The van der Waals surface area contributed by atoms with Crippen molar-refractivity contribution in [3.63, 3.8) is 0 Å². The molecule has 0 aliphatic carbocycles. The molecule has 238 valence electrons. The minimum Gasteiger partial charge on any atom is -0.497 e. The van der Waals surface area contributed by atoms with E-state index in [0.717, 1.165) is 17.6 Å². The number of hydrogen-bond acceptors (Lipinski definition) is 9. The summed E-state index contributed by atoms with van der Waals surface area (Å²) in [5, 5.41) is 19.2. The van der Waals surface area contributed by atoms with Gasteiger partial charge in [-0.2, -0.15) is 0 Å². The van der Waals surface area contributed by atoms with Crippen LogP contribution in [0, 0.1) is 5.82 Å². The minimum atomic E-state index is -1.25. The largest absolute Gasteiger partial charge is 0.497 e. The maximum atomic E-state index is 12.9. The summed E-state index contributed by atoms with van der Waals surface area (Å²) in [6.07, 6.45) is 3.57. The first kappa shape index (κ1) is 39.0. The van der Waals surface area contributed by atoms with E-state index in [4.69, 9.17) is 14.6 Å². The lowest BCUT2D eigenvalue weighted by Gasteiger charge is -2.26. The van der Waals surface area contributed by atoms with Gasteiger partial charge in [-0.15, -0.1) is 0 Å². The number of rotatable bonds is 12. The summed E-state index contributed by atoms with van der Waals surface area (Å²) in [6, 6.07) is 16.0. The van der Waals surface area contributed by atoms with Crippen LogP contribution in [0.2, 0.25) is 0 Å².